The molecule has 0 radical (unpaired) electrons. The summed E-state index contributed by atoms with van der Waals surface area (Å²) in [7, 11) is 0. The molecule has 0 unspecified atom stereocenters. The molecule has 2 N–H and O–H groups in total. The number of barbiturate groups is 1. The zero-order valence-corrected chi connectivity index (χ0v) is 15.8. The van der Waals surface area contributed by atoms with Crippen LogP contribution in [-0.4, -0.2) is 34.8 Å². The number of rotatable bonds is 6. The first-order valence-electron chi connectivity index (χ1n) is 8.92. The Balaban J connectivity index is 1.83. The van der Waals surface area contributed by atoms with Crippen molar-refractivity contribution in [3.8, 4) is 0 Å². The Morgan fingerprint density at radius 2 is 1.60 bits per heavy atom. The van der Waals surface area contributed by atoms with E-state index in [1.165, 1.54) is 31.2 Å². The molecular weight excluding hydrogens is 394 g/mol. The first-order valence-corrected chi connectivity index (χ1v) is 8.92. The predicted octanol–water partition coefficient (Wildman–Crippen LogP) is 1.83. The van der Waals surface area contributed by atoms with Crippen LogP contribution in [-0.2, 0) is 19.7 Å². The van der Waals surface area contributed by atoms with E-state index in [1.54, 1.807) is 30.3 Å². The lowest BCUT2D eigenvalue weighted by Gasteiger charge is -2.35. The van der Waals surface area contributed by atoms with Crippen molar-refractivity contribution in [2.45, 2.75) is 24.9 Å². The van der Waals surface area contributed by atoms with Gasteiger partial charge >= 0.3 is 12.0 Å². The quantitative estimate of drug-likeness (QED) is 0.319. The summed E-state index contributed by atoms with van der Waals surface area (Å²) < 4.78 is 5.36. The Kier molecular flexibility index (Phi) is 5.58. The molecule has 0 aromatic heterocycles. The number of imide groups is 2. The highest BCUT2D eigenvalue weighted by molar-refractivity contribution is 6.23. The smallest absolute Gasteiger partial charge is 0.338 e. The summed E-state index contributed by atoms with van der Waals surface area (Å²) in [6.45, 7) is 1.50. The van der Waals surface area contributed by atoms with E-state index in [9.17, 15) is 29.3 Å². The number of nitro benzene ring substituents is 1. The van der Waals surface area contributed by atoms with Gasteiger partial charge in [-0.15, -0.1) is 0 Å². The third-order valence-corrected chi connectivity index (χ3v) is 4.71. The van der Waals surface area contributed by atoms with Gasteiger partial charge in [-0.05, 0) is 24.6 Å². The molecule has 1 atom stereocenters. The van der Waals surface area contributed by atoms with Gasteiger partial charge in [-0.3, -0.25) is 30.3 Å². The van der Waals surface area contributed by atoms with E-state index in [-0.39, 0.29) is 17.7 Å². The topological polar surface area (TPSA) is 145 Å². The molecule has 0 spiro atoms. The van der Waals surface area contributed by atoms with Crippen LogP contribution in [0, 0.1) is 10.1 Å². The summed E-state index contributed by atoms with van der Waals surface area (Å²) in [5, 5.41) is 14.9. The molecular formula is C20H17N3O7. The molecule has 0 saturated carbocycles. The number of carbonyl (C=O) groups is 4. The molecule has 2 aromatic rings. The first kappa shape index (κ1) is 20.6. The zero-order chi connectivity index (χ0) is 21.9. The van der Waals surface area contributed by atoms with Crippen molar-refractivity contribution in [2.24, 2.45) is 0 Å². The van der Waals surface area contributed by atoms with Crippen LogP contribution in [0.2, 0.25) is 0 Å². The fourth-order valence-electron chi connectivity index (χ4n) is 3.28. The lowest BCUT2D eigenvalue weighted by Crippen LogP contribution is -2.65. The summed E-state index contributed by atoms with van der Waals surface area (Å²) >= 11 is 0. The molecule has 1 aliphatic rings. The highest BCUT2D eigenvalue weighted by Crippen LogP contribution is 2.33. The lowest BCUT2D eigenvalue weighted by molar-refractivity contribution is -0.384. The monoisotopic (exact) mass is 411 g/mol. The van der Waals surface area contributed by atoms with E-state index in [0.29, 0.717) is 5.56 Å². The van der Waals surface area contributed by atoms with Crippen LogP contribution in [0.15, 0.2) is 54.6 Å². The van der Waals surface area contributed by atoms with Gasteiger partial charge in [0.25, 0.3) is 5.69 Å². The normalized spacial score (nSPS) is 16.2. The minimum absolute atomic E-state index is 0.0777. The Morgan fingerprint density at radius 3 is 2.13 bits per heavy atom. The van der Waals surface area contributed by atoms with Gasteiger partial charge in [-0.1, -0.05) is 30.3 Å². The third kappa shape index (κ3) is 3.88. The Labute approximate surface area is 170 Å². The molecule has 10 nitrogen and oxygen atoms in total. The fraction of sp³-hybridized carbons (Fsp3) is 0.200. The van der Waals surface area contributed by atoms with Gasteiger partial charge in [0.1, 0.15) is 6.10 Å². The molecule has 1 fully saturated rings. The standard InChI is InChI=1S/C20H17N3O7/c1-12(30-16(24)13-7-9-15(10-8-13)23(28)29)11-20(14-5-3-2-4-6-14)17(25)21-19(27)22-18(20)26/h2-10,12H,11H2,1H3,(H2,21,22,25,26,27)/t12-/m0/s1. The molecule has 2 aromatic carbocycles. The number of nitrogens with one attached hydrogen (secondary N) is 2. The molecule has 1 saturated heterocycles. The summed E-state index contributed by atoms with van der Waals surface area (Å²) in [5.74, 6) is -2.41. The van der Waals surface area contributed by atoms with Crippen LogP contribution in [0.1, 0.15) is 29.3 Å². The number of esters is 1. The van der Waals surface area contributed by atoms with E-state index in [0.717, 1.165) is 0 Å². The van der Waals surface area contributed by atoms with Gasteiger partial charge in [-0.2, -0.15) is 0 Å². The van der Waals surface area contributed by atoms with Crippen molar-refractivity contribution < 1.29 is 28.8 Å². The third-order valence-electron chi connectivity index (χ3n) is 4.71. The van der Waals surface area contributed by atoms with Crippen molar-refractivity contribution in [1.29, 1.82) is 0 Å². The Bertz CT molecular complexity index is 998. The highest BCUT2D eigenvalue weighted by atomic mass is 16.6. The zero-order valence-electron chi connectivity index (χ0n) is 15.8. The molecule has 0 aliphatic carbocycles. The summed E-state index contributed by atoms with van der Waals surface area (Å²) in [6.07, 6.45) is -1.13. The minimum atomic E-state index is -1.77. The van der Waals surface area contributed by atoms with Crippen molar-refractivity contribution in [3.05, 3.63) is 75.8 Å². The summed E-state index contributed by atoms with van der Waals surface area (Å²) in [4.78, 5) is 59.5. The predicted molar refractivity (Wildman–Crippen MR) is 102 cm³/mol. The molecule has 30 heavy (non-hydrogen) atoms. The van der Waals surface area contributed by atoms with Gasteiger partial charge in [-0.25, -0.2) is 9.59 Å². The molecule has 0 bridgehead atoms. The second-order valence-corrected chi connectivity index (χ2v) is 6.73. The summed E-state index contributed by atoms with van der Waals surface area (Å²) in [6, 6.07) is 12.0. The number of benzene rings is 2. The maximum absolute atomic E-state index is 12.7. The number of amides is 4. The van der Waals surface area contributed by atoms with E-state index >= 15 is 0 Å². The van der Waals surface area contributed by atoms with Gasteiger partial charge in [0, 0.05) is 18.6 Å². The molecule has 154 valence electrons. The lowest BCUT2D eigenvalue weighted by atomic mass is 9.73. The van der Waals surface area contributed by atoms with Crippen molar-refractivity contribution in [2.75, 3.05) is 0 Å². The summed E-state index contributed by atoms with van der Waals surface area (Å²) in [5.41, 5.74) is -1.54. The average Bonchev–Trinajstić information content (AvgIpc) is 2.71. The van der Waals surface area contributed by atoms with Crippen molar-refractivity contribution >= 4 is 29.5 Å². The van der Waals surface area contributed by atoms with Crippen molar-refractivity contribution in [1.82, 2.24) is 10.6 Å². The Hall–Kier alpha value is -4.08. The van der Waals surface area contributed by atoms with Crippen LogP contribution in [0.4, 0.5) is 10.5 Å². The number of urea groups is 1. The Morgan fingerprint density at radius 1 is 1.03 bits per heavy atom. The molecule has 3 rings (SSSR count). The van der Waals surface area contributed by atoms with Crippen LogP contribution < -0.4 is 10.6 Å². The van der Waals surface area contributed by atoms with Crippen LogP contribution in [0.25, 0.3) is 0 Å². The number of nitro groups is 1. The minimum Gasteiger partial charge on any atom is -0.459 e. The molecule has 10 heteroatoms. The van der Waals surface area contributed by atoms with E-state index in [4.69, 9.17) is 4.74 Å². The average molecular weight is 411 g/mol. The molecule has 4 amide bonds. The van der Waals surface area contributed by atoms with Crippen molar-refractivity contribution in [3.63, 3.8) is 0 Å². The number of non-ortho nitro benzene ring substituents is 1. The van der Waals surface area contributed by atoms with E-state index < -0.39 is 40.3 Å². The number of carbonyl (C=O) groups excluding carboxylic acids is 4. The second-order valence-electron chi connectivity index (χ2n) is 6.73. The van der Waals surface area contributed by atoms with Gasteiger partial charge in [0.15, 0.2) is 5.41 Å². The highest BCUT2D eigenvalue weighted by Gasteiger charge is 2.52. The fourth-order valence-corrected chi connectivity index (χ4v) is 3.28. The SMILES string of the molecule is C[C@@H](CC1(c2ccccc2)C(=O)NC(=O)NC1=O)OC(=O)c1ccc([N+](=O)[O-])cc1. The van der Waals surface area contributed by atoms with Crippen LogP contribution >= 0.6 is 0 Å². The molecule has 1 heterocycles. The van der Waals surface area contributed by atoms with Gasteiger partial charge in [0.2, 0.25) is 11.8 Å². The van der Waals surface area contributed by atoms with E-state index in [1.807, 2.05) is 0 Å². The maximum atomic E-state index is 12.7. The number of nitrogens with zero attached hydrogens (tertiary/aromatic N) is 1. The number of hydrogen-bond donors (Lipinski definition) is 2. The van der Waals surface area contributed by atoms with Gasteiger partial charge < -0.3 is 4.74 Å². The number of ether oxygens (including phenoxy) is 1. The molecule has 1 aliphatic heterocycles. The van der Waals surface area contributed by atoms with Crippen LogP contribution in [0.3, 0.4) is 0 Å². The largest absolute Gasteiger partial charge is 0.459 e. The van der Waals surface area contributed by atoms with Gasteiger partial charge in [0.05, 0.1) is 10.5 Å². The maximum Gasteiger partial charge on any atom is 0.338 e. The van der Waals surface area contributed by atoms with E-state index in [2.05, 4.69) is 10.6 Å². The first-order chi connectivity index (χ1) is 14.2. The van der Waals surface area contributed by atoms with Crippen LogP contribution in [0.5, 0.6) is 0 Å². The number of hydrogen-bond acceptors (Lipinski definition) is 7. The second kappa shape index (κ2) is 8.11.